The molecule has 0 saturated carbocycles. The third-order valence-electron chi connectivity index (χ3n) is 5.30. The molecule has 0 N–H and O–H groups in total. The van der Waals surface area contributed by atoms with E-state index in [-0.39, 0.29) is 18.7 Å². The zero-order valence-corrected chi connectivity index (χ0v) is 18.5. The molecule has 1 aliphatic rings. The van der Waals surface area contributed by atoms with Crippen LogP contribution in [0, 0.1) is 0 Å². The van der Waals surface area contributed by atoms with Crippen LogP contribution >= 0.6 is 23.2 Å². The van der Waals surface area contributed by atoms with Crippen LogP contribution in [0.15, 0.2) is 30.3 Å². The second-order valence-electron chi connectivity index (χ2n) is 6.92. The number of ether oxygens (including phenoxy) is 3. The second-order valence-corrected chi connectivity index (χ2v) is 7.73. The minimum Gasteiger partial charge on any atom is -0.493 e. The lowest BCUT2D eigenvalue weighted by Crippen LogP contribution is -2.42. The maximum atomic E-state index is 13.2. The number of carbonyl (C=O) groups is 2. The van der Waals surface area contributed by atoms with Crippen molar-refractivity contribution in [2.75, 3.05) is 27.9 Å². The molecule has 1 heterocycles. The van der Waals surface area contributed by atoms with Gasteiger partial charge in [-0.15, -0.1) is 0 Å². The lowest BCUT2D eigenvalue weighted by Gasteiger charge is -2.37. The highest BCUT2D eigenvalue weighted by Crippen LogP contribution is 2.40. The number of halogens is 2. The summed E-state index contributed by atoms with van der Waals surface area (Å²) in [5, 5.41) is 0.869. The molecule has 6 nitrogen and oxygen atoms in total. The van der Waals surface area contributed by atoms with Gasteiger partial charge in [-0.1, -0.05) is 29.3 Å². The molecule has 2 aromatic carbocycles. The smallest absolute Gasteiger partial charge is 0.307 e. The molecule has 160 valence electrons. The van der Waals surface area contributed by atoms with Crippen molar-refractivity contribution in [2.45, 2.75) is 25.3 Å². The van der Waals surface area contributed by atoms with Gasteiger partial charge in [-0.05, 0) is 47.4 Å². The Bertz CT molecular complexity index is 943. The quantitative estimate of drug-likeness (QED) is 0.614. The van der Waals surface area contributed by atoms with Gasteiger partial charge in [-0.25, -0.2) is 0 Å². The summed E-state index contributed by atoms with van der Waals surface area (Å²) in [6, 6.07) is 8.36. The number of nitrogens with zero attached hydrogens (tertiary/aromatic N) is 1. The summed E-state index contributed by atoms with van der Waals surface area (Å²) < 4.78 is 15.7. The summed E-state index contributed by atoms with van der Waals surface area (Å²) in [6.07, 6.45) is 0.690. The average Bonchev–Trinajstić information content (AvgIpc) is 2.75. The Hall–Kier alpha value is -2.44. The number of esters is 1. The lowest BCUT2D eigenvalue weighted by molar-refractivity contribution is -0.144. The molecule has 0 saturated heterocycles. The molecule has 0 fully saturated rings. The molecular weight excluding hydrogens is 429 g/mol. The van der Waals surface area contributed by atoms with Gasteiger partial charge in [0.2, 0.25) is 5.91 Å². The molecule has 0 aliphatic carbocycles. The first-order chi connectivity index (χ1) is 14.4. The van der Waals surface area contributed by atoms with Gasteiger partial charge in [0.25, 0.3) is 0 Å². The Morgan fingerprint density at radius 3 is 2.30 bits per heavy atom. The Balaban J connectivity index is 1.98. The number of carbonyl (C=O) groups excluding carboxylic acids is 2. The number of amides is 1. The number of rotatable bonds is 6. The van der Waals surface area contributed by atoms with Gasteiger partial charge in [0, 0.05) is 16.6 Å². The average molecular weight is 452 g/mol. The summed E-state index contributed by atoms with van der Waals surface area (Å²) in [5.41, 5.74) is 2.41. The maximum absolute atomic E-state index is 13.2. The molecule has 0 unspecified atom stereocenters. The lowest BCUT2D eigenvalue weighted by atomic mass is 9.89. The first kappa shape index (κ1) is 22.2. The Kier molecular flexibility index (Phi) is 7.10. The van der Waals surface area contributed by atoms with Gasteiger partial charge >= 0.3 is 5.97 Å². The predicted molar refractivity (Wildman–Crippen MR) is 115 cm³/mol. The fourth-order valence-corrected chi connectivity index (χ4v) is 4.27. The van der Waals surface area contributed by atoms with Crippen LogP contribution in [0.2, 0.25) is 10.0 Å². The highest BCUT2D eigenvalue weighted by Gasteiger charge is 2.34. The van der Waals surface area contributed by atoms with Crippen molar-refractivity contribution < 1.29 is 23.8 Å². The molecule has 0 spiro atoms. The molecule has 0 aromatic heterocycles. The third kappa shape index (κ3) is 4.50. The van der Waals surface area contributed by atoms with Gasteiger partial charge in [-0.3, -0.25) is 9.59 Å². The highest BCUT2D eigenvalue weighted by molar-refractivity contribution is 6.36. The first-order valence-electron chi connectivity index (χ1n) is 9.43. The van der Waals surface area contributed by atoms with Crippen LogP contribution in [0.3, 0.4) is 0 Å². The molecule has 30 heavy (non-hydrogen) atoms. The molecule has 3 rings (SSSR count). The van der Waals surface area contributed by atoms with Crippen molar-refractivity contribution in [3.63, 3.8) is 0 Å². The molecule has 8 heteroatoms. The van der Waals surface area contributed by atoms with Crippen molar-refractivity contribution >= 4 is 35.1 Å². The van der Waals surface area contributed by atoms with Crippen LogP contribution in [0.4, 0.5) is 0 Å². The van der Waals surface area contributed by atoms with Crippen molar-refractivity contribution in [2.24, 2.45) is 0 Å². The monoisotopic (exact) mass is 451 g/mol. The van der Waals surface area contributed by atoms with E-state index in [9.17, 15) is 9.59 Å². The minimum absolute atomic E-state index is 0.0287. The van der Waals surface area contributed by atoms with Crippen LogP contribution in [0.25, 0.3) is 0 Å². The van der Waals surface area contributed by atoms with Gasteiger partial charge in [0.1, 0.15) is 0 Å². The van der Waals surface area contributed by atoms with E-state index < -0.39 is 12.0 Å². The number of methoxy groups -OCH3 is 3. The zero-order valence-electron chi connectivity index (χ0n) is 17.0. The Morgan fingerprint density at radius 1 is 1.07 bits per heavy atom. The summed E-state index contributed by atoms with van der Waals surface area (Å²) in [7, 11) is 4.45. The number of benzene rings is 2. The van der Waals surface area contributed by atoms with Crippen LogP contribution in [0.5, 0.6) is 11.5 Å². The normalized spacial score (nSPS) is 15.4. The Morgan fingerprint density at radius 2 is 1.70 bits per heavy atom. The highest BCUT2D eigenvalue weighted by atomic mass is 35.5. The van der Waals surface area contributed by atoms with E-state index >= 15 is 0 Å². The van der Waals surface area contributed by atoms with Crippen LogP contribution in [-0.4, -0.2) is 44.7 Å². The standard InChI is InChI=1S/C22H23Cl2NO5/c1-28-19-9-13-7-8-25(21(26)11-15-16(23)5-4-6-17(15)24)18(12-22(27)30-3)14(13)10-20(19)29-2/h4-6,9-10,18H,7-8,11-12H2,1-3H3/t18-/m0/s1. The fraction of sp³-hybridized carbons (Fsp3) is 0.364. The largest absolute Gasteiger partial charge is 0.493 e. The molecule has 0 radical (unpaired) electrons. The summed E-state index contributed by atoms with van der Waals surface area (Å²) in [6.45, 7) is 0.449. The molecular formula is C22H23Cl2NO5. The van der Waals surface area contributed by atoms with Crippen molar-refractivity contribution in [1.29, 1.82) is 0 Å². The van der Waals surface area contributed by atoms with Gasteiger partial charge in [0.05, 0.1) is 40.2 Å². The topological polar surface area (TPSA) is 65.1 Å². The van der Waals surface area contributed by atoms with Crippen LogP contribution in [0.1, 0.15) is 29.2 Å². The predicted octanol–water partition coefficient (Wildman–Crippen LogP) is 4.24. The summed E-state index contributed by atoms with van der Waals surface area (Å²) in [4.78, 5) is 27.1. The van der Waals surface area contributed by atoms with Crippen molar-refractivity contribution in [3.05, 3.63) is 57.1 Å². The fourth-order valence-electron chi connectivity index (χ4n) is 3.74. The minimum atomic E-state index is -0.491. The SMILES string of the molecule is COC(=O)C[C@H]1c2cc(OC)c(OC)cc2CCN1C(=O)Cc1c(Cl)cccc1Cl. The number of hydrogen-bond acceptors (Lipinski definition) is 5. The zero-order chi connectivity index (χ0) is 21.8. The molecule has 1 aliphatic heterocycles. The summed E-state index contributed by atoms with van der Waals surface area (Å²) >= 11 is 12.5. The van der Waals surface area contributed by atoms with E-state index in [1.807, 2.05) is 12.1 Å². The van der Waals surface area contributed by atoms with Crippen molar-refractivity contribution in [1.82, 2.24) is 4.90 Å². The number of hydrogen-bond donors (Lipinski definition) is 0. The van der Waals surface area contributed by atoms with E-state index in [2.05, 4.69) is 0 Å². The summed E-state index contributed by atoms with van der Waals surface area (Å²) in [5.74, 6) is 0.570. The van der Waals surface area contributed by atoms with Gasteiger partial charge < -0.3 is 19.1 Å². The molecule has 2 aromatic rings. The Labute approximate surface area is 185 Å². The number of fused-ring (bicyclic) bond motifs is 1. The van der Waals surface area contributed by atoms with E-state index in [0.29, 0.717) is 40.1 Å². The van der Waals surface area contributed by atoms with Gasteiger partial charge in [0.15, 0.2) is 11.5 Å². The van der Waals surface area contributed by atoms with E-state index in [4.69, 9.17) is 37.4 Å². The molecule has 0 bridgehead atoms. The molecule has 1 amide bonds. The van der Waals surface area contributed by atoms with Gasteiger partial charge in [-0.2, -0.15) is 0 Å². The molecule has 1 atom stereocenters. The maximum Gasteiger partial charge on any atom is 0.307 e. The second kappa shape index (κ2) is 9.58. The van der Waals surface area contributed by atoms with Crippen molar-refractivity contribution in [3.8, 4) is 11.5 Å². The first-order valence-corrected chi connectivity index (χ1v) is 10.2. The van der Waals surface area contributed by atoms with Crippen LogP contribution < -0.4 is 9.47 Å². The van der Waals surface area contributed by atoms with E-state index in [0.717, 1.165) is 11.1 Å². The third-order valence-corrected chi connectivity index (χ3v) is 6.01. The van der Waals surface area contributed by atoms with E-state index in [1.165, 1.54) is 7.11 Å². The van der Waals surface area contributed by atoms with Crippen LogP contribution in [-0.2, 0) is 27.2 Å². The van der Waals surface area contributed by atoms with E-state index in [1.54, 1.807) is 37.3 Å².